The molecule has 1 fully saturated rings. The zero-order chi connectivity index (χ0) is 17.6. The van der Waals surface area contributed by atoms with Gasteiger partial charge in [-0.15, -0.1) is 0 Å². The van der Waals surface area contributed by atoms with Crippen LogP contribution in [0.4, 0.5) is 0 Å². The average Bonchev–Trinajstić information content (AvgIpc) is 3.14. The molecule has 25 heavy (non-hydrogen) atoms. The summed E-state index contributed by atoms with van der Waals surface area (Å²) in [6.45, 7) is 2.08. The van der Waals surface area contributed by atoms with Gasteiger partial charge < -0.3 is 15.5 Å². The Balaban J connectivity index is 1.57. The van der Waals surface area contributed by atoms with Gasteiger partial charge in [-0.05, 0) is 37.7 Å². The van der Waals surface area contributed by atoms with Gasteiger partial charge >= 0.3 is 0 Å². The monoisotopic (exact) mass is 341 g/mol. The summed E-state index contributed by atoms with van der Waals surface area (Å²) < 4.78 is 5.45. The number of nitrogens with one attached hydrogen (secondary N) is 1. The molecule has 5 nitrogen and oxygen atoms in total. The first-order chi connectivity index (χ1) is 12.1. The topological polar surface area (TPSA) is 81.2 Å². The van der Waals surface area contributed by atoms with Gasteiger partial charge in [0, 0.05) is 6.04 Å². The SMILES string of the molecule is CC(NC(=O)c1coc(C(N)Cc2ccccc2)n1)C1CCCCC1. The largest absolute Gasteiger partial charge is 0.446 e. The molecule has 2 atom stereocenters. The van der Waals surface area contributed by atoms with Crippen LogP contribution in [-0.2, 0) is 6.42 Å². The van der Waals surface area contributed by atoms with Crippen LogP contribution in [-0.4, -0.2) is 16.9 Å². The quantitative estimate of drug-likeness (QED) is 0.841. The molecule has 2 aromatic rings. The number of carbonyl (C=O) groups excluding carboxylic acids is 1. The van der Waals surface area contributed by atoms with Gasteiger partial charge in [0.2, 0.25) is 5.89 Å². The van der Waals surface area contributed by atoms with Crippen molar-refractivity contribution < 1.29 is 9.21 Å². The second-order valence-electron chi connectivity index (χ2n) is 7.03. The van der Waals surface area contributed by atoms with Crippen molar-refractivity contribution in [2.75, 3.05) is 0 Å². The second-order valence-corrected chi connectivity index (χ2v) is 7.03. The van der Waals surface area contributed by atoms with E-state index >= 15 is 0 Å². The van der Waals surface area contributed by atoms with Crippen LogP contribution in [0.15, 0.2) is 41.0 Å². The summed E-state index contributed by atoms with van der Waals surface area (Å²) in [6, 6.07) is 9.75. The van der Waals surface area contributed by atoms with Crippen LogP contribution in [0, 0.1) is 5.92 Å². The first-order valence-electron chi connectivity index (χ1n) is 9.19. The normalized spacial score (nSPS) is 17.8. The molecular formula is C20H27N3O2. The second kappa shape index (κ2) is 8.30. The maximum absolute atomic E-state index is 12.4. The molecule has 1 heterocycles. The average molecular weight is 341 g/mol. The fourth-order valence-electron chi connectivity index (χ4n) is 3.55. The van der Waals surface area contributed by atoms with E-state index in [9.17, 15) is 4.79 Å². The van der Waals surface area contributed by atoms with E-state index in [1.165, 1.54) is 38.4 Å². The molecule has 1 aromatic heterocycles. The molecule has 1 aliphatic carbocycles. The number of amides is 1. The summed E-state index contributed by atoms with van der Waals surface area (Å²) >= 11 is 0. The van der Waals surface area contributed by atoms with Crippen LogP contribution < -0.4 is 11.1 Å². The van der Waals surface area contributed by atoms with Crippen LogP contribution in [0.5, 0.6) is 0 Å². The zero-order valence-electron chi connectivity index (χ0n) is 14.8. The number of hydrogen-bond acceptors (Lipinski definition) is 4. The summed E-state index contributed by atoms with van der Waals surface area (Å²) in [4.78, 5) is 16.7. The van der Waals surface area contributed by atoms with Crippen molar-refractivity contribution in [3.63, 3.8) is 0 Å². The highest BCUT2D eigenvalue weighted by Crippen LogP contribution is 2.26. The van der Waals surface area contributed by atoms with Crippen LogP contribution >= 0.6 is 0 Å². The van der Waals surface area contributed by atoms with Gasteiger partial charge in [-0.3, -0.25) is 4.79 Å². The fraction of sp³-hybridized carbons (Fsp3) is 0.500. The van der Waals surface area contributed by atoms with Crippen molar-refractivity contribution in [1.29, 1.82) is 0 Å². The van der Waals surface area contributed by atoms with Crippen LogP contribution in [0.2, 0.25) is 0 Å². The van der Waals surface area contributed by atoms with E-state index in [0.29, 0.717) is 23.9 Å². The minimum absolute atomic E-state index is 0.158. The number of aromatic nitrogens is 1. The summed E-state index contributed by atoms with van der Waals surface area (Å²) in [5, 5.41) is 3.07. The third-order valence-corrected chi connectivity index (χ3v) is 5.09. The molecule has 1 saturated carbocycles. The molecule has 0 spiro atoms. The van der Waals surface area contributed by atoms with Crippen molar-refractivity contribution in [3.8, 4) is 0 Å². The predicted molar refractivity (Wildman–Crippen MR) is 97.1 cm³/mol. The number of nitrogens with two attached hydrogens (primary N) is 1. The summed E-state index contributed by atoms with van der Waals surface area (Å²) in [6.07, 6.45) is 8.23. The minimum Gasteiger partial charge on any atom is -0.446 e. The maximum atomic E-state index is 12.4. The Morgan fingerprint density at radius 2 is 2.00 bits per heavy atom. The van der Waals surface area contributed by atoms with E-state index < -0.39 is 0 Å². The van der Waals surface area contributed by atoms with Crippen molar-refractivity contribution in [2.45, 2.75) is 57.5 Å². The molecule has 0 bridgehead atoms. The molecule has 2 unspecified atom stereocenters. The first-order valence-corrected chi connectivity index (χ1v) is 9.19. The molecule has 1 aliphatic rings. The molecule has 0 aliphatic heterocycles. The minimum atomic E-state index is -0.361. The Morgan fingerprint density at radius 3 is 2.72 bits per heavy atom. The summed E-state index contributed by atoms with van der Waals surface area (Å²) in [5.41, 5.74) is 7.59. The number of oxazole rings is 1. The Hall–Kier alpha value is -2.14. The highest BCUT2D eigenvalue weighted by molar-refractivity contribution is 5.92. The number of rotatable bonds is 6. The lowest BCUT2D eigenvalue weighted by atomic mass is 9.84. The zero-order valence-corrected chi connectivity index (χ0v) is 14.8. The highest BCUT2D eigenvalue weighted by Gasteiger charge is 2.23. The first kappa shape index (κ1) is 17.7. The lowest BCUT2D eigenvalue weighted by Gasteiger charge is -2.27. The van der Waals surface area contributed by atoms with E-state index in [1.807, 2.05) is 30.3 Å². The number of hydrogen-bond donors (Lipinski definition) is 2. The lowest BCUT2D eigenvalue weighted by molar-refractivity contribution is 0.0914. The third-order valence-electron chi connectivity index (χ3n) is 5.09. The van der Waals surface area contributed by atoms with Crippen molar-refractivity contribution in [3.05, 3.63) is 53.7 Å². The molecule has 134 valence electrons. The number of nitrogens with zero attached hydrogens (tertiary/aromatic N) is 1. The van der Waals surface area contributed by atoms with Crippen molar-refractivity contribution >= 4 is 5.91 Å². The Kier molecular flexibility index (Phi) is 5.87. The van der Waals surface area contributed by atoms with E-state index in [4.69, 9.17) is 10.2 Å². The highest BCUT2D eigenvalue weighted by atomic mass is 16.3. The lowest BCUT2D eigenvalue weighted by Crippen LogP contribution is -2.39. The summed E-state index contributed by atoms with van der Waals surface area (Å²) in [5.74, 6) is 0.781. The van der Waals surface area contributed by atoms with Crippen LogP contribution in [0.1, 0.15) is 67.0 Å². The Bertz CT molecular complexity index is 677. The van der Waals surface area contributed by atoms with Gasteiger partial charge in [0.05, 0.1) is 6.04 Å². The van der Waals surface area contributed by atoms with Gasteiger partial charge in [0.15, 0.2) is 5.69 Å². The summed E-state index contributed by atoms with van der Waals surface area (Å²) in [7, 11) is 0. The molecule has 0 radical (unpaired) electrons. The molecule has 1 aromatic carbocycles. The van der Waals surface area contributed by atoms with Gasteiger partial charge in [0.1, 0.15) is 6.26 Å². The maximum Gasteiger partial charge on any atom is 0.273 e. The standard InChI is InChI=1S/C20H27N3O2/c1-14(16-10-6-3-7-11-16)22-19(24)18-13-25-20(23-18)17(21)12-15-8-4-2-5-9-15/h2,4-5,8-9,13-14,16-17H,3,6-7,10-12,21H2,1H3,(H,22,24). The van der Waals surface area contributed by atoms with Gasteiger partial charge in [0.25, 0.3) is 5.91 Å². The van der Waals surface area contributed by atoms with Crippen LogP contribution in [0.3, 0.4) is 0 Å². The number of benzene rings is 1. The van der Waals surface area contributed by atoms with E-state index in [0.717, 1.165) is 5.56 Å². The fourth-order valence-corrected chi connectivity index (χ4v) is 3.55. The van der Waals surface area contributed by atoms with Crippen molar-refractivity contribution in [1.82, 2.24) is 10.3 Å². The van der Waals surface area contributed by atoms with Crippen molar-refractivity contribution in [2.24, 2.45) is 11.7 Å². The molecule has 3 N–H and O–H groups in total. The molecule has 5 heteroatoms. The van der Waals surface area contributed by atoms with Crippen LogP contribution in [0.25, 0.3) is 0 Å². The Labute approximate surface area is 149 Å². The third kappa shape index (κ3) is 4.69. The number of carbonyl (C=O) groups is 1. The molecule has 0 saturated heterocycles. The van der Waals surface area contributed by atoms with Gasteiger partial charge in [-0.2, -0.15) is 0 Å². The predicted octanol–water partition coefficient (Wildman–Crippen LogP) is 3.62. The van der Waals surface area contributed by atoms with E-state index in [1.54, 1.807) is 0 Å². The molecule has 3 rings (SSSR count). The smallest absolute Gasteiger partial charge is 0.273 e. The van der Waals surface area contributed by atoms with Gasteiger partial charge in [-0.25, -0.2) is 4.98 Å². The molecular weight excluding hydrogens is 314 g/mol. The Morgan fingerprint density at radius 1 is 1.28 bits per heavy atom. The van der Waals surface area contributed by atoms with E-state index in [2.05, 4.69) is 17.2 Å². The molecule has 1 amide bonds. The van der Waals surface area contributed by atoms with E-state index in [-0.39, 0.29) is 18.0 Å². The van der Waals surface area contributed by atoms with Gasteiger partial charge in [-0.1, -0.05) is 49.6 Å².